The Hall–Kier alpha value is -0.0400. The predicted molar refractivity (Wildman–Crippen MR) is 63.4 cm³/mol. The molecule has 1 aliphatic heterocycles. The first-order valence-corrected chi connectivity index (χ1v) is 6.50. The minimum atomic E-state index is 0.924. The van der Waals surface area contributed by atoms with E-state index in [1.54, 1.807) is 0 Å². The summed E-state index contributed by atoms with van der Waals surface area (Å²) in [6.07, 6.45) is 6.98. The Morgan fingerprint density at radius 1 is 1.36 bits per heavy atom. The van der Waals surface area contributed by atoms with E-state index in [9.17, 15) is 0 Å². The van der Waals surface area contributed by atoms with Gasteiger partial charge >= 0.3 is 0 Å². The molecular weight excluding hydrogens is 170 g/mol. The van der Waals surface area contributed by atoms with E-state index >= 15 is 0 Å². The Morgan fingerprint density at radius 2 is 2.14 bits per heavy atom. The summed E-state index contributed by atoms with van der Waals surface area (Å²) >= 11 is 0. The minimum Gasteiger partial charge on any atom is -0.316 e. The topological polar surface area (TPSA) is 12.0 Å². The Balaban J connectivity index is 2.38. The van der Waals surface area contributed by atoms with E-state index < -0.39 is 0 Å². The number of nitrogens with one attached hydrogen (secondary N) is 1. The molecule has 0 aromatic rings. The zero-order valence-corrected chi connectivity index (χ0v) is 10.2. The summed E-state index contributed by atoms with van der Waals surface area (Å²) in [6.45, 7) is 9.65. The lowest BCUT2D eigenvalue weighted by molar-refractivity contribution is 0.192. The number of rotatable bonds is 5. The van der Waals surface area contributed by atoms with Gasteiger partial charge in [0.2, 0.25) is 0 Å². The van der Waals surface area contributed by atoms with E-state index in [1.807, 2.05) is 0 Å². The molecule has 84 valence electrons. The van der Waals surface area contributed by atoms with Gasteiger partial charge in [-0.3, -0.25) is 0 Å². The lowest BCUT2D eigenvalue weighted by atomic mass is 9.76. The van der Waals surface area contributed by atoms with Crippen LogP contribution >= 0.6 is 0 Å². The number of hydrogen-bond donors (Lipinski definition) is 1. The lowest BCUT2D eigenvalue weighted by Gasteiger charge is -2.33. The molecule has 3 unspecified atom stereocenters. The van der Waals surface area contributed by atoms with Gasteiger partial charge in [0.1, 0.15) is 0 Å². The van der Waals surface area contributed by atoms with E-state index in [-0.39, 0.29) is 0 Å². The first-order chi connectivity index (χ1) is 6.79. The van der Waals surface area contributed by atoms with Gasteiger partial charge < -0.3 is 5.32 Å². The van der Waals surface area contributed by atoms with Gasteiger partial charge in [-0.25, -0.2) is 0 Å². The average Bonchev–Trinajstić information content (AvgIpc) is 2.26. The number of piperidine rings is 1. The third-order valence-electron chi connectivity index (χ3n) is 4.01. The van der Waals surface area contributed by atoms with E-state index in [2.05, 4.69) is 26.1 Å². The average molecular weight is 197 g/mol. The predicted octanol–water partition coefficient (Wildman–Crippen LogP) is 3.45. The van der Waals surface area contributed by atoms with Gasteiger partial charge in [-0.1, -0.05) is 40.0 Å². The van der Waals surface area contributed by atoms with Gasteiger partial charge in [0.05, 0.1) is 0 Å². The highest BCUT2D eigenvalue weighted by Gasteiger charge is 2.25. The maximum atomic E-state index is 3.54. The van der Waals surface area contributed by atoms with Crippen molar-refractivity contribution in [2.75, 3.05) is 13.1 Å². The summed E-state index contributed by atoms with van der Waals surface area (Å²) in [5.41, 5.74) is 0. The van der Waals surface area contributed by atoms with Crippen LogP contribution in [0.4, 0.5) is 0 Å². The zero-order chi connectivity index (χ0) is 10.4. The fraction of sp³-hybridized carbons (Fsp3) is 1.00. The van der Waals surface area contributed by atoms with Gasteiger partial charge in [0, 0.05) is 0 Å². The lowest BCUT2D eigenvalue weighted by Crippen LogP contribution is -2.35. The van der Waals surface area contributed by atoms with Gasteiger partial charge in [-0.15, -0.1) is 0 Å². The summed E-state index contributed by atoms with van der Waals surface area (Å²) in [6, 6.07) is 0. The fourth-order valence-electron chi connectivity index (χ4n) is 2.92. The van der Waals surface area contributed by atoms with Crippen LogP contribution in [0.25, 0.3) is 0 Å². The Labute approximate surface area is 89.7 Å². The Kier molecular flexibility index (Phi) is 5.54. The Bertz CT molecular complexity index is 133. The molecular formula is C13H27N. The van der Waals surface area contributed by atoms with Gasteiger partial charge in [0.25, 0.3) is 0 Å². The molecule has 1 rings (SSSR count). The number of hydrogen-bond acceptors (Lipinski definition) is 1. The van der Waals surface area contributed by atoms with Crippen LogP contribution in [0, 0.1) is 17.8 Å². The molecule has 0 bridgehead atoms. The summed E-state index contributed by atoms with van der Waals surface area (Å²) in [4.78, 5) is 0. The normalized spacial score (nSPS) is 27.2. The van der Waals surface area contributed by atoms with E-state index in [0.29, 0.717) is 0 Å². The van der Waals surface area contributed by atoms with Crippen molar-refractivity contribution >= 4 is 0 Å². The molecule has 14 heavy (non-hydrogen) atoms. The molecule has 0 radical (unpaired) electrons. The van der Waals surface area contributed by atoms with Crippen LogP contribution in [0.2, 0.25) is 0 Å². The molecule has 0 spiro atoms. The first-order valence-electron chi connectivity index (χ1n) is 6.50. The summed E-state index contributed by atoms with van der Waals surface area (Å²) in [5, 5.41) is 3.54. The summed E-state index contributed by atoms with van der Waals surface area (Å²) in [5.74, 6) is 2.83. The van der Waals surface area contributed by atoms with E-state index in [0.717, 1.165) is 17.8 Å². The molecule has 1 heterocycles. The van der Waals surface area contributed by atoms with Gasteiger partial charge in [0.15, 0.2) is 0 Å². The highest BCUT2D eigenvalue weighted by molar-refractivity contribution is 4.78. The molecule has 0 aromatic carbocycles. The molecule has 0 aromatic heterocycles. The molecule has 1 N–H and O–H groups in total. The van der Waals surface area contributed by atoms with Crippen LogP contribution in [0.1, 0.15) is 52.9 Å². The molecule has 1 saturated heterocycles. The second kappa shape index (κ2) is 6.44. The zero-order valence-electron chi connectivity index (χ0n) is 10.2. The van der Waals surface area contributed by atoms with Crippen molar-refractivity contribution in [1.82, 2.24) is 5.32 Å². The van der Waals surface area contributed by atoms with E-state index in [1.165, 1.54) is 45.2 Å². The van der Waals surface area contributed by atoms with Crippen LogP contribution in [0.15, 0.2) is 0 Å². The van der Waals surface area contributed by atoms with Crippen LogP contribution in [-0.4, -0.2) is 13.1 Å². The van der Waals surface area contributed by atoms with Crippen molar-refractivity contribution in [3.05, 3.63) is 0 Å². The minimum absolute atomic E-state index is 0.924. The second-order valence-corrected chi connectivity index (χ2v) is 4.92. The van der Waals surface area contributed by atoms with Crippen LogP contribution in [0.5, 0.6) is 0 Å². The molecule has 0 amide bonds. The highest BCUT2D eigenvalue weighted by atomic mass is 14.9. The fourth-order valence-corrected chi connectivity index (χ4v) is 2.92. The Morgan fingerprint density at radius 3 is 2.64 bits per heavy atom. The standard InChI is InChI=1S/C13H27N/c1-4-7-12(5-2)11(3)13-8-6-9-14-10-13/h11-14H,4-10H2,1-3H3. The molecule has 1 nitrogen and oxygen atoms in total. The maximum Gasteiger partial charge on any atom is -0.00179 e. The molecule has 1 heteroatoms. The van der Waals surface area contributed by atoms with Crippen LogP contribution in [-0.2, 0) is 0 Å². The van der Waals surface area contributed by atoms with Gasteiger partial charge in [-0.2, -0.15) is 0 Å². The van der Waals surface area contributed by atoms with Crippen LogP contribution < -0.4 is 5.32 Å². The summed E-state index contributed by atoms with van der Waals surface area (Å²) < 4.78 is 0. The highest BCUT2D eigenvalue weighted by Crippen LogP contribution is 2.30. The SMILES string of the molecule is CCCC(CC)C(C)C1CCCNC1. The molecule has 3 atom stereocenters. The van der Waals surface area contributed by atoms with Crippen molar-refractivity contribution in [1.29, 1.82) is 0 Å². The van der Waals surface area contributed by atoms with Crippen molar-refractivity contribution in [2.45, 2.75) is 52.9 Å². The molecule has 0 saturated carbocycles. The van der Waals surface area contributed by atoms with Crippen molar-refractivity contribution in [2.24, 2.45) is 17.8 Å². The van der Waals surface area contributed by atoms with Crippen molar-refractivity contribution in [3.63, 3.8) is 0 Å². The largest absolute Gasteiger partial charge is 0.316 e. The smallest absolute Gasteiger partial charge is 0.00179 e. The monoisotopic (exact) mass is 197 g/mol. The molecule has 1 fully saturated rings. The quantitative estimate of drug-likeness (QED) is 0.712. The van der Waals surface area contributed by atoms with Gasteiger partial charge in [-0.05, 0) is 43.7 Å². The second-order valence-electron chi connectivity index (χ2n) is 4.92. The third-order valence-corrected chi connectivity index (χ3v) is 4.01. The van der Waals surface area contributed by atoms with E-state index in [4.69, 9.17) is 0 Å². The third kappa shape index (κ3) is 3.27. The van der Waals surface area contributed by atoms with Crippen molar-refractivity contribution in [3.8, 4) is 0 Å². The summed E-state index contributed by atoms with van der Waals surface area (Å²) in [7, 11) is 0. The maximum absolute atomic E-state index is 3.54. The first kappa shape index (κ1) is 12.0. The molecule has 1 aliphatic rings. The van der Waals surface area contributed by atoms with Crippen LogP contribution in [0.3, 0.4) is 0 Å². The molecule has 0 aliphatic carbocycles. The van der Waals surface area contributed by atoms with Crippen molar-refractivity contribution < 1.29 is 0 Å².